The number of benzene rings is 1. The largest absolute Gasteiger partial charge is 0.480 e. The molecule has 0 spiro atoms. The highest BCUT2D eigenvalue weighted by Crippen LogP contribution is 2.34. The van der Waals surface area contributed by atoms with E-state index in [1.165, 1.54) is 16.7 Å². The van der Waals surface area contributed by atoms with E-state index in [2.05, 4.69) is 5.32 Å². The van der Waals surface area contributed by atoms with Gasteiger partial charge in [-0.1, -0.05) is 18.6 Å². The van der Waals surface area contributed by atoms with Crippen molar-refractivity contribution in [1.82, 2.24) is 5.32 Å². The monoisotopic (exact) mass is 481 g/mol. The number of esters is 1. The number of aliphatic carboxylic acids is 1. The van der Waals surface area contributed by atoms with Crippen LogP contribution in [0.2, 0.25) is 0 Å². The number of amides is 1. The van der Waals surface area contributed by atoms with Crippen molar-refractivity contribution in [3.63, 3.8) is 0 Å². The molecule has 4 N–H and O–H groups in total. The Morgan fingerprint density at radius 2 is 2.03 bits per heavy atom. The minimum Gasteiger partial charge on any atom is -0.480 e. The molecule has 0 saturated carbocycles. The number of nitrogens with two attached hydrogens (primary N) is 1. The lowest BCUT2D eigenvalue weighted by Crippen LogP contribution is -2.54. The van der Waals surface area contributed by atoms with Crippen molar-refractivity contribution in [1.29, 1.82) is 0 Å². The summed E-state index contributed by atoms with van der Waals surface area (Å²) in [7, 11) is 0. The average Bonchev–Trinajstić information content (AvgIpc) is 2.79. The number of halogens is 2. The molecule has 1 unspecified atom stereocenters. The van der Waals surface area contributed by atoms with Gasteiger partial charge in [0.2, 0.25) is 5.91 Å². The van der Waals surface area contributed by atoms with Gasteiger partial charge in [0.15, 0.2) is 0 Å². The molecule has 2 rings (SSSR count). The number of rotatable bonds is 10. The van der Waals surface area contributed by atoms with Crippen LogP contribution in [0.3, 0.4) is 0 Å². The van der Waals surface area contributed by atoms with Crippen molar-refractivity contribution in [3.05, 3.63) is 24.3 Å². The second kappa shape index (κ2) is 14.5. The van der Waals surface area contributed by atoms with Gasteiger partial charge in [-0.3, -0.25) is 24.6 Å². The Bertz CT molecular complexity index is 711. The van der Waals surface area contributed by atoms with Gasteiger partial charge in [-0.2, -0.15) is 0 Å². The van der Waals surface area contributed by atoms with Crippen molar-refractivity contribution in [2.45, 2.75) is 43.2 Å². The molecular weight excluding hydrogens is 453 g/mol. The third-order valence-electron chi connectivity index (χ3n) is 4.34. The number of hydrogen-bond donors (Lipinski definition) is 3. The van der Waals surface area contributed by atoms with Crippen molar-refractivity contribution >= 4 is 60.1 Å². The molecule has 8 nitrogen and oxygen atoms in total. The summed E-state index contributed by atoms with van der Waals surface area (Å²) in [6.45, 7) is 2.06. The molecule has 1 aliphatic rings. The highest BCUT2D eigenvalue weighted by molar-refractivity contribution is 7.99. The smallest absolute Gasteiger partial charge is 0.323 e. The molecule has 0 aromatic heterocycles. The Morgan fingerprint density at radius 1 is 1.33 bits per heavy atom. The summed E-state index contributed by atoms with van der Waals surface area (Å²) >= 11 is 1.46. The van der Waals surface area contributed by atoms with Crippen molar-refractivity contribution in [2.75, 3.05) is 30.3 Å². The second-order valence-corrected chi connectivity index (χ2v) is 7.47. The fourth-order valence-electron chi connectivity index (χ4n) is 3.02. The molecule has 170 valence electrons. The Morgan fingerprint density at radius 3 is 2.67 bits per heavy atom. The van der Waals surface area contributed by atoms with E-state index in [1.807, 2.05) is 12.1 Å². The van der Waals surface area contributed by atoms with Gasteiger partial charge in [-0.15, -0.1) is 36.6 Å². The summed E-state index contributed by atoms with van der Waals surface area (Å²) in [6, 6.07) is 5.85. The molecule has 0 saturated heterocycles. The molecule has 0 radical (unpaired) electrons. The number of unbranched alkanes of at least 4 members (excludes halogenated alkanes) is 1. The van der Waals surface area contributed by atoms with Gasteiger partial charge in [0, 0.05) is 10.6 Å². The lowest BCUT2D eigenvalue weighted by atomic mass is 10.1. The van der Waals surface area contributed by atoms with Crippen molar-refractivity contribution in [2.24, 2.45) is 5.73 Å². The number of carboxylic acid groups (broad SMARTS) is 1. The zero-order chi connectivity index (χ0) is 20.5. The number of fused-ring (bicyclic) bond motifs is 1. The first-order valence-electron chi connectivity index (χ1n) is 9.35. The number of ether oxygens (including phenoxy) is 1. The number of thioether (sulfide) groups is 1. The Kier molecular flexibility index (Phi) is 13.7. The molecule has 1 aliphatic heterocycles. The van der Waals surface area contributed by atoms with E-state index in [0.717, 1.165) is 17.7 Å². The lowest BCUT2D eigenvalue weighted by molar-refractivity contribution is -0.146. The standard InChI is InChI=1S/C19H27N3O5S.2ClH/c1-2-27-19(26)13(7-5-6-10-20)21-14-12-28-16-9-4-3-8-15(16)22(18(14)25)11-17(23)24;;/h3-4,8-9,13-14,21H,2,5-7,10-12,20H2,1H3,(H,23,24);2*1H/t13-,14?;;/m0../s1. The van der Waals surface area contributed by atoms with Crippen LogP contribution in [0, 0.1) is 0 Å². The van der Waals surface area contributed by atoms with Gasteiger partial charge >= 0.3 is 11.9 Å². The normalized spacial score (nSPS) is 16.4. The van der Waals surface area contributed by atoms with E-state index in [4.69, 9.17) is 10.5 Å². The van der Waals surface area contributed by atoms with Gasteiger partial charge in [0.1, 0.15) is 12.6 Å². The predicted octanol–water partition coefficient (Wildman–Crippen LogP) is 2.07. The van der Waals surface area contributed by atoms with E-state index >= 15 is 0 Å². The molecule has 11 heteroatoms. The quantitative estimate of drug-likeness (QED) is 0.342. The number of carbonyl (C=O) groups excluding carboxylic acids is 2. The summed E-state index contributed by atoms with van der Waals surface area (Å²) < 4.78 is 5.14. The number of carbonyl (C=O) groups is 3. The van der Waals surface area contributed by atoms with E-state index in [-0.39, 0.29) is 37.3 Å². The van der Waals surface area contributed by atoms with Gasteiger partial charge < -0.3 is 15.6 Å². The molecule has 2 atom stereocenters. The zero-order valence-electron chi connectivity index (χ0n) is 16.7. The average molecular weight is 482 g/mol. The molecule has 0 fully saturated rings. The van der Waals surface area contributed by atoms with Crippen LogP contribution >= 0.6 is 36.6 Å². The Labute approximate surface area is 193 Å². The van der Waals surface area contributed by atoms with E-state index in [1.54, 1.807) is 19.1 Å². The molecule has 1 aromatic carbocycles. The predicted molar refractivity (Wildman–Crippen MR) is 122 cm³/mol. The third-order valence-corrected chi connectivity index (χ3v) is 5.50. The van der Waals surface area contributed by atoms with Gasteiger partial charge in [-0.25, -0.2) is 0 Å². The van der Waals surface area contributed by atoms with Crippen molar-refractivity contribution in [3.8, 4) is 0 Å². The first kappa shape index (κ1) is 28.5. The van der Waals surface area contributed by atoms with Crippen LogP contribution in [0.15, 0.2) is 29.2 Å². The van der Waals surface area contributed by atoms with E-state index in [0.29, 0.717) is 24.4 Å². The SMILES string of the molecule is CCOC(=O)[C@H](CCCCN)NC1CSc2ccccc2N(CC(=O)O)C1=O.Cl.Cl. The number of anilines is 1. The van der Waals surface area contributed by atoms with Crippen LogP contribution in [0.4, 0.5) is 5.69 Å². The first-order valence-corrected chi connectivity index (χ1v) is 10.3. The fraction of sp³-hybridized carbons (Fsp3) is 0.526. The summed E-state index contributed by atoms with van der Waals surface area (Å²) in [5.74, 6) is -1.49. The molecule has 0 aliphatic carbocycles. The second-order valence-electron chi connectivity index (χ2n) is 6.41. The summed E-state index contributed by atoms with van der Waals surface area (Å²) in [5, 5.41) is 12.4. The van der Waals surface area contributed by atoms with Crippen LogP contribution in [-0.2, 0) is 19.1 Å². The molecule has 1 heterocycles. The maximum absolute atomic E-state index is 13.1. The van der Waals surface area contributed by atoms with Crippen LogP contribution in [0.5, 0.6) is 0 Å². The topological polar surface area (TPSA) is 122 Å². The van der Waals surface area contributed by atoms with Gasteiger partial charge in [0.25, 0.3) is 0 Å². The molecule has 1 aromatic rings. The highest BCUT2D eigenvalue weighted by Gasteiger charge is 2.34. The number of hydrogen-bond acceptors (Lipinski definition) is 7. The maximum atomic E-state index is 13.1. The number of nitrogens with one attached hydrogen (secondary N) is 1. The Hall–Kier alpha value is -1.52. The van der Waals surface area contributed by atoms with Crippen molar-refractivity contribution < 1.29 is 24.2 Å². The molecular formula is C19H29Cl2N3O5S. The number of carboxylic acids is 1. The third kappa shape index (κ3) is 7.96. The van der Waals surface area contributed by atoms with Crippen LogP contribution in [0.25, 0.3) is 0 Å². The van der Waals surface area contributed by atoms with Crippen LogP contribution in [0.1, 0.15) is 26.2 Å². The van der Waals surface area contributed by atoms with E-state index in [9.17, 15) is 19.5 Å². The summed E-state index contributed by atoms with van der Waals surface area (Å²) in [4.78, 5) is 38.9. The van der Waals surface area contributed by atoms with Crippen LogP contribution < -0.4 is 16.0 Å². The summed E-state index contributed by atoms with van der Waals surface area (Å²) in [6.07, 6.45) is 1.98. The molecule has 1 amide bonds. The molecule has 0 bridgehead atoms. The first-order chi connectivity index (χ1) is 13.5. The lowest BCUT2D eigenvalue weighted by Gasteiger charge is -2.27. The number of para-hydroxylation sites is 1. The molecule has 30 heavy (non-hydrogen) atoms. The van der Waals surface area contributed by atoms with E-state index < -0.39 is 30.6 Å². The van der Waals surface area contributed by atoms with Gasteiger partial charge in [0.05, 0.1) is 18.3 Å². The fourth-order valence-corrected chi connectivity index (χ4v) is 4.10. The zero-order valence-corrected chi connectivity index (χ0v) is 19.2. The Balaban J connectivity index is 0.00000420. The van der Waals surface area contributed by atoms with Crippen LogP contribution in [-0.4, -0.2) is 60.5 Å². The maximum Gasteiger partial charge on any atom is 0.323 e. The minimum absolute atomic E-state index is 0. The number of nitrogens with zero attached hydrogens (tertiary/aromatic N) is 1. The highest BCUT2D eigenvalue weighted by atomic mass is 35.5. The minimum atomic E-state index is -1.10. The summed E-state index contributed by atoms with van der Waals surface area (Å²) in [5.41, 5.74) is 6.10. The van der Waals surface area contributed by atoms with Gasteiger partial charge in [-0.05, 0) is 38.4 Å².